The number of benzene rings is 4. The van der Waals surface area contributed by atoms with Crippen LogP contribution >= 0.6 is 0 Å². The molecular formula is C34H25FN4O2. The van der Waals surface area contributed by atoms with Gasteiger partial charge in [-0.2, -0.15) is 5.10 Å². The molecule has 0 atom stereocenters. The van der Waals surface area contributed by atoms with Gasteiger partial charge in [0.15, 0.2) is 5.82 Å². The minimum Gasteiger partial charge on any atom is -0.465 e. The maximum atomic E-state index is 16.3. The molecule has 0 aliphatic rings. The molecule has 2 aromatic heterocycles. The molecule has 7 heteroatoms. The molecule has 0 fully saturated rings. The van der Waals surface area contributed by atoms with E-state index in [0.717, 1.165) is 22.3 Å². The van der Waals surface area contributed by atoms with Gasteiger partial charge >= 0.3 is 6.09 Å². The summed E-state index contributed by atoms with van der Waals surface area (Å²) in [5.41, 5.74) is 3.27. The van der Waals surface area contributed by atoms with Gasteiger partial charge in [-0.05, 0) is 46.5 Å². The first-order valence-corrected chi connectivity index (χ1v) is 13.0. The molecule has 0 unspecified atom stereocenters. The van der Waals surface area contributed by atoms with Crippen molar-refractivity contribution >= 4 is 34.8 Å². The lowest BCUT2D eigenvalue weighted by atomic mass is 9.77. The molecule has 0 bridgehead atoms. The number of nitrogens with one attached hydrogen (secondary N) is 1. The molecule has 0 saturated carbocycles. The molecule has 41 heavy (non-hydrogen) atoms. The largest absolute Gasteiger partial charge is 0.465 e. The van der Waals surface area contributed by atoms with Crippen molar-refractivity contribution < 1.29 is 14.3 Å². The molecule has 6 aromatic rings. The number of fused-ring (bicyclic) bond motifs is 1. The first-order chi connectivity index (χ1) is 20.1. The SMILES string of the molecule is O=C(O)Nc1cc(F)c2c(c1)c(/C=C/c1cccnc1)nn2C(c1ccccc1)(c1ccccc1)c1ccccc1. The fraction of sp³-hybridized carbons (Fsp3) is 0.0294. The zero-order valence-electron chi connectivity index (χ0n) is 21.9. The van der Waals surface area contributed by atoms with E-state index in [0.29, 0.717) is 11.1 Å². The highest BCUT2D eigenvalue weighted by Crippen LogP contribution is 2.43. The number of hydrogen-bond acceptors (Lipinski definition) is 3. The molecule has 6 rings (SSSR count). The van der Waals surface area contributed by atoms with Gasteiger partial charge in [0.05, 0.1) is 5.69 Å². The minimum absolute atomic E-state index is 0.114. The molecular weight excluding hydrogens is 515 g/mol. The van der Waals surface area contributed by atoms with Gasteiger partial charge in [-0.3, -0.25) is 10.3 Å². The van der Waals surface area contributed by atoms with Gasteiger partial charge in [-0.25, -0.2) is 13.9 Å². The van der Waals surface area contributed by atoms with E-state index < -0.39 is 17.4 Å². The molecule has 0 saturated heterocycles. The van der Waals surface area contributed by atoms with Crippen molar-refractivity contribution in [3.05, 3.63) is 161 Å². The number of aromatic nitrogens is 3. The Kier molecular flexibility index (Phi) is 6.83. The van der Waals surface area contributed by atoms with Crippen LogP contribution in [0.25, 0.3) is 23.1 Å². The van der Waals surface area contributed by atoms with Gasteiger partial charge in [0.2, 0.25) is 0 Å². The van der Waals surface area contributed by atoms with Crippen LogP contribution in [-0.2, 0) is 5.54 Å². The predicted octanol–water partition coefficient (Wildman–Crippen LogP) is 7.67. The monoisotopic (exact) mass is 540 g/mol. The van der Waals surface area contributed by atoms with E-state index in [-0.39, 0.29) is 11.2 Å². The van der Waals surface area contributed by atoms with Crippen LogP contribution in [0.2, 0.25) is 0 Å². The minimum atomic E-state index is -1.28. The third-order valence-corrected chi connectivity index (χ3v) is 7.02. The van der Waals surface area contributed by atoms with Crippen LogP contribution in [0.3, 0.4) is 0 Å². The van der Waals surface area contributed by atoms with Crippen molar-refractivity contribution in [1.29, 1.82) is 0 Å². The molecule has 1 amide bonds. The lowest BCUT2D eigenvalue weighted by Gasteiger charge is -2.37. The molecule has 200 valence electrons. The third kappa shape index (κ3) is 4.74. The fourth-order valence-electron chi connectivity index (χ4n) is 5.34. The molecule has 2 heterocycles. The van der Waals surface area contributed by atoms with Crippen LogP contribution in [0.1, 0.15) is 27.9 Å². The smallest absolute Gasteiger partial charge is 0.409 e. The maximum Gasteiger partial charge on any atom is 0.409 e. The topological polar surface area (TPSA) is 80.0 Å². The van der Waals surface area contributed by atoms with Crippen LogP contribution in [0.4, 0.5) is 14.9 Å². The van der Waals surface area contributed by atoms with E-state index in [2.05, 4.69) is 10.3 Å². The quantitative estimate of drug-likeness (QED) is 0.204. The van der Waals surface area contributed by atoms with Crippen LogP contribution in [0.15, 0.2) is 128 Å². The van der Waals surface area contributed by atoms with Crippen LogP contribution in [0.5, 0.6) is 0 Å². The second-order valence-corrected chi connectivity index (χ2v) is 9.51. The van der Waals surface area contributed by atoms with Crippen molar-refractivity contribution in [2.24, 2.45) is 0 Å². The van der Waals surface area contributed by atoms with Crippen LogP contribution in [0, 0.1) is 5.82 Å². The van der Waals surface area contributed by atoms with Gasteiger partial charge in [0, 0.05) is 23.5 Å². The summed E-state index contributed by atoms with van der Waals surface area (Å²) in [6, 6.07) is 36.2. The lowest BCUT2D eigenvalue weighted by Crippen LogP contribution is -2.38. The number of hydrogen-bond donors (Lipinski definition) is 2. The summed E-state index contributed by atoms with van der Waals surface area (Å²) >= 11 is 0. The van der Waals surface area contributed by atoms with E-state index in [1.807, 2.05) is 109 Å². The van der Waals surface area contributed by atoms with Gasteiger partial charge in [0.1, 0.15) is 11.1 Å². The van der Waals surface area contributed by atoms with E-state index >= 15 is 4.39 Å². The number of rotatable bonds is 7. The number of amides is 1. The van der Waals surface area contributed by atoms with Gasteiger partial charge < -0.3 is 5.11 Å². The maximum absolute atomic E-state index is 16.3. The van der Waals surface area contributed by atoms with Crippen molar-refractivity contribution in [3.63, 3.8) is 0 Å². The fourth-order valence-corrected chi connectivity index (χ4v) is 5.34. The van der Waals surface area contributed by atoms with Crippen molar-refractivity contribution in [2.45, 2.75) is 5.54 Å². The number of carbonyl (C=O) groups is 1. The second-order valence-electron chi connectivity index (χ2n) is 9.51. The summed E-state index contributed by atoms with van der Waals surface area (Å²) in [4.78, 5) is 15.6. The van der Waals surface area contributed by atoms with Gasteiger partial charge in [-0.15, -0.1) is 0 Å². The average Bonchev–Trinajstić information content (AvgIpc) is 3.37. The Balaban J connectivity index is 1.74. The summed E-state index contributed by atoms with van der Waals surface area (Å²) in [7, 11) is 0. The molecule has 0 aliphatic heterocycles. The zero-order chi connectivity index (χ0) is 28.2. The van der Waals surface area contributed by atoms with Crippen LogP contribution < -0.4 is 5.32 Å². The Labute approximate surface area is 236 Å². The molecule has 4 aromatic carbocycles. The Hall–Kier alpha value is -5.56. The summed E-state index contributed by atoms with van der Waals surface area (Å²) in [5, 5.41) is 17.2. The molecule has 0 spiro atoms. The summed E-state index contributed by atoms with van der Waals surface area (Å²) in [6.07, 6.45) is 5.77. The number of nitrogens with zero attached hydrogens (tertiary/aromatic N) is 3. The van der Waals surface area contributed by atoms with E-state index in [9.17, 15) is 9.90 Å². The highest BCUT2D eigenvalue weighted by atomic mass is 19.1. The number of halogens is 1. The summed E-state index contributed by atoms with van der Waals surface area (Å²) in [6.45, 7) is 0. The Morgan fingerprint density at radius 1 is 0.805 bits per heavy atom. The van der Waals surface area contributed by atoms with E-state index in [1.165, 1.54) is 6.07 Å². The Bertz CT molecular complexity index is 1740. The van der Waals surface area contributed by atoms with Crippen molar-refractivity contribution in [3.8, 4) is 0 Å². The highest BCUT2D eigenvalue weighted by Gasteiger charge is 2.41. The van der Waals surface area contributed by atoms with E-state index in [4.69, 9.17) is 5.10 Å². The van der Waals surface area contributed by atoms with Gasteiger partial charge in [0.25, 0.3) is 0 Å². The number of anilines is 1. The molecule has 2 N–H and O–H groups in total. The Morgan fingerprint density at radius 2 is 1.39 bits per heavy atom. The molecule has 6 nitrogen and oxygen atoms in total. The highest BCUT2D eigenvalue weighted by molar-refractivity contribution is 5.95. The van der Waals surface area contributed by atoms with Crippen molar-refractivity contribution in [1.82, 2.24) is 14.8 Å². The standard InChI is InChI=1S/C34H25FN4O2/c35-30-22-28(37-33(40)41)21-29-31(19-18-24-11-10-20-36-23-24)38-39(32(29)30)34(25-12-4-1-5-13-25,26-14-6-2-7-15-26)27-16-8-3-9-17-27/h1-23,37H,(H,40,41)/b19-18+. The number of carboxylic acid groups (broad SMARTS) is 1. The normalized spacial score (nSPS) is 11.6. The zero-order valence-corrected chi connectivity index (χ0v) is 21.9. The molecule has 0 radical (unpaired) electrons. The second kappa shape index (κ2) is 10.9. The lowest BCUT2D eigenvalue weighted by molar-refractivity contribution is 0.209. The van der Waals surface area contributed by atoms with Crippen LogP contribution in [-0.4, -0.2) is 26.0 Å². The van der Waals surface area contributed by atoms with E-state index in [1.54, 1.807) is 29.2 Å². The third-order valence-electron chi connectivity index (χ3n) is 7.02. The average molecular weight is 541 g/mol. The first-order valence-electron chi connectivity index (χ1n) is 13.0. The van der Waals surface area contributed by atoms with Gasteiger partial charge in [-0.1, -0.05) is 103 Å². The Morgan fingerprint density at radius 3 is 1.90 bits per heavy atom. The number of pyridine rings is 1. The first kappa shape index (κ1) is 25.7. The molecule has 0 aliphatic carbocycles. The summed E-state index contributed by atoms with van der Waals surface area (Å²) < 4.78 is 18.0. The van der Waals surface area contributed by atoms with Crippen molar-refractivity contribution in [2.75, 3.05) is 5.32 Å². The predicted molar refractivity (Wildman–Crippen MR) is 159 cm³/mol. The summed E-state index contributed by atoms with van der Waals surface area (Å²) in [5.74, 6) is -0.605.